The summed E-state index contributed by atoms with van der Waals surface area (Å²) in [4.78, 5) is 225. The number of phenols is 2. The lowest BCUT2D eigenvalue weighted by Crippen LogP contribution is -2.64. The highest BCUT2D eigenvalue weighted by atomic mass is 32.2. The number of aldehydes is 1. The van der Waals surface area contributed by atoms with Crippen LogP contribution in [0, 0.1) is 29.3 Å². The van der Waals surface area contributed by atoms with Gasteiger partial charge in [-0.25, -0.2) is 13.2 Å². The average molecular weight is 1950 g/mol. The summed E-state index contributed by atoms with van der Waals surface area (Å²) in [6, 6.07) is 19.0. The topological polar surface area (TPSA) is 525 Å². The van der Waals surface area contributed by atoms with Crippen molar-refractivity contribution in [2.24, 2.45) is 23.3 Å². The number of nitrogens with zero attached hydrogens (tertiary/aromatic N) is 5. The molecule has 6 aromatic carbocycles. The first-order valence-electron chi connectivity index (χ1n) is 45.9. The molecule has 0 bridgehead atoms. The molecule has 0 saturated carbocycles. The van der Waals surface area contributed by atoms with Gasteiger partial charge < -0.3 is 112 Å². The van der Waals surface area contributed by atoms with Crippen LogP contribution in [-0.2, 0) is 125 Å². The highest BCUT2D eigenvalue weighted by Crippen LogP contribution is 2.27. The van der Waals surface area contributed by atoms with Crippen LogP contribution in [0.2, 0.25) is 0 Å². The average Bonchev–Trinajstić information content (AvgIpc) is 1.75. The Labute approximate surface area is 807 Å². The fourth-order valence-electron chi connectivity index (χ4n) is 16.2. The summed E-state index contributed by atoms with van der Waals surface area (Å²) in [5.74, 6) is -19.9. The zero-order valence-electron chi connectivity index (χ0n) is 78.9. The molecule has 0 spiro atoms. The normalized spacial score (nSPS) is 16.1. The Kier molecular flexibility index (Phi) is 42.1. The van der Waals surface area contributed by atoms with Gasteiger partial charge >= 0.3 is 5.97 Å². The number of nitrogens with two attached hydrogens (primary N) is 2. The number of phenolic OH excluding ortho intramolecular Hbond substituents is 2. The van der Waals surface area contributed by atoms with Crippen molar-refractivity contribution in [1.82, 2.24) is 72.0 Å². The van der Waals surface area contributed by atoms with E-state index >= 15 is 42.3 Å². The Morgan fingerprint density at radius 2 is 1.10 bits per heavy atom. The minimum Gasteiger partial charge on any atom is -0.508 e. The standard InChI is InChI=1S/C98H125F3N16O21S/c1-9-10-25-79(97(134)116-34-36-136-51-66(116)52-138-56-106-65(50-118)47-85(123)124)113(6)96(133)81(45-60-21-15-12-16-22-60)115(8)94(131)76(43-63-39-70(99)86(101)71(100)40-63)107-84(122)55-139-54-78(88(125)105-49-83(102)121)112-89(126)73(38-57(2)3)108-90(127)74(41-61-26-30-67(119)31-27-61)109-91(128)75(46-64-48-104-72-24-18-17-23-69(64)72)110-93(130)82-53-137-37-35-117(82)95(132)77(42-62-28-32-68(120)33-29-62)111-92(129)80(44-59-19-13-11-14-20-59)114(7)98(135)87(103)58(4)5/h11-24,26-33,39-40,48,50,57-58,65-66,73-82,87,104,106,119-120H,9-10,25,34-38,41-47,49,51-56,103H2,1-8H3,(H2,102,121)(H,105,125)(H,107,122)(H,108,127)(H,109,128)(H,110,130)(H,111,129)(H,112,126)(H,123,124)/t65-,66+,73-,74-,75-,76-,77-,78-,79-,80?,81-,82+,87-/m0/s1. The Hall–Kier alpha value is -13.4. The minimum absolute atomic E-state index is 0.00128. The summed E-state index contributed by atoms with van der Waals surface area (Å²) >= 11 is 0.686. The summed E-state index contributed by atoms with van der Waals surface area (Å²) < 4.78 is 62.4. The molecule has 7 aromatic rings. The number of hydrogen-bond donors (Lipinski definition) is 14. The van der Waals surface area contributed by atoms with Crippen molar-refractivity contribution < 1.29 is 115 Å². The molecule has 0 radical (unpaired) electrons. The molecule has 13 amide bonds. The van der Waals surface area contributed by atoms with Crippen molar-refractivity contribution in [3.63, 3.8) is 0 Å². The Morgan fingerprint density at radius 1 is 0.576 bits per heavy atom. The molecule has 2 aliphatic rings. The van der Waals surface area contributed by atoms with Crippen LogP contribution in [0.4, 0.5) is 13.2 Å². The van der Waals surface area contributed by atoms with Gasteiger partial charge in [-0.1, -0.05) is 151 Å². The number of para-hydroxylation sites is 1. The van der Waals surface area contributed by atoms with E-state index < -0.39 is 222 Å². The van der Waals surface area contributed by atoms with Gasteiger partial charge in [0.25, 0.3) is 0 Å². The fraction of sp³-hybridized carbons (Fsp3) is 0.459. The maximum atomic E-state index is 15.6. The largest absolute Gasteiger partial charge is 0.508 e. The monoisotopic (exact) mass is 1950 g/mol. The number of aliphatic carboxylic acids is 1. The number of hydrogen-bond acceptors (Lipinski definition) is 23. The molecular weight excluding hydrogens is 1830 g/mol. The van der Waals surface area contributed by atoms with E-state index in [2.05, 4.69) is 47.5 Å². The molecule has 2 aliphatic heterocycles. The number of carbonyl (C=O) groups excluding carboxylic acids is 14. The van der Waals surface area contributed by atoms with Crippen molar-refractivity contribution in [2.75, 3.05) is 92.0 Å². The lowest BCUT2D eigenvalue weighted by atomic mass is 9.98. The number of halogens is 3. The number of benzene rings is 6. The van der Waals surface area contributed by atoms with E-state index in [0.717, 1.165) is 4.90 Å². The maximum Gasteiger partial charge on any atom is 0.305 e. The number of unbranched alkanes of at least 4 members (excludes halogenated alkanes) is 1. The number of aromatic nitrogens is 1. The summed E-state index contributed by atoms with van der Waals surface area (Å²) in [5, 5.41) is 52.0. The van der Waals surface area contributed by atoms with Crippen LogP contribution in [0.5, 0.6) is 11.5 Å². The molecule has 3 heterocycles. The molecule has 1 aromatic heterocycles. The Morgan fingerprint density at radius 3 is 1.69 bits per heavy atom. The van der Waals surface area contributed by atoms with Crippen molar-refractivity contribution in [3.8, 4) is 11.5 Å². The summed E-state index contributed by atoms with van der Waals surface area (Å²) in [7, 11) is 4.07. The molecule has 41 heteroatoms. The van der Waals surface area contributed by atoms with Crippen LogP contribution in [0.25, 0.3) is 10.9 Å². The molecule has 1 unspecified atom stereocenters. The number of nitrogens with one attached hydrogen (secondary N) is 9. The van der Waals surface area contributed by atoms with Crippen molar-refractivity contribution in [3.05, 3.63) is 203 Å². The number of ether oxygens (including phenoxy) is 3. The zero-order chi connectivity index (χ0) is 101. The number of carboxylic acids is 1. The van der Waals surface area contributed by atoms with E-state index in [-0.39, 0.29) is 114 Å². The van der Waals surface area contributed by atoms with Gasteiger partial charge in [-0.15, -0.1) is 11.8 Å². The van der Waals surface area contributed by atoms with Crippen molar-refractivity contribution in [2.45, 2.75) is 184 Å². The number of carbonyl (C=O) groups is 15. The fourth-order valence-corrected chi connectivity index (χ4v) is 17.0. The number of H-pyrrole nitrogens is 1. The second kappa shape index (κ2) is 53.6. The van der Waals surface area contributed by atoms with Gasteiger partial charge in [0.1, 0.15) is 78.2 Å². The Bertz CT molecular complexity index is 5360. The molecule has 2 saturated heterocycles. The number of morpholine rings is 2. The maximum absolute atomic E-state index is 15.6. The van der Waals surface area contributed by atoms with Crippen LogP contribution >= 0.6 is 11.8 Å². The first-order valence-corrected chi connectivity index (χ1v) is 47.1. The first-order chi connectivity index (χ1) is 66.3. The zero-order valence-corrected chi connectivity index (χ0v) is 79.7. The number of carboxylic acid groups (broad SMARTS) is 1. The smallest absolute Gasteiger partial charge is 0.305 e. The van der Waals surface area contributed by atoms with Crippen LogP contribution < -0.4 is 54.0 Å². The van der Waals surface area contributed by atoms with Crippen molar-refractivity contribution >= 4 is 112 Å². The van der Waals surface area contributed by atoms with Crippen LogP contribution in [0.1, 0.15) is 100 Å². The molecule has 9 rings (SSSR count). The number of aromatic hydroxyl groups is 2. The second-order valence-electron chi connectivity index (χ2n) is 35.3. The Balaban J connectivity index is 0.961. The van der Waals surface area contributed by atoms with Gasteiger partial charge in [0.2, 0.25) is 76.8 Å². The lowest BCUT2D eigenvalue weighted by molar-refractivity contribution is -0.156. The number of amides is 13. The molecular formula is C98H125F3N16O21S. The predicted octanol–water partition coefficient (Wildman–Crippen LogP) is 2.76. The van der Waals surface area contributed by atoms with Gasteiger partial charge in [-0.3, -0.25) is 72.4 Å². The third kappa shape index (κ3) is 32.4. The van der Waals surface area contributed by atoms with Crippen LogP contribution in [0.3, 0.4) is 0 Å². The quantitative estimate of drug-likeness (QED) is 0.0113. The first kappa shape index (κ1) is 109. The van der Waals surface area contributed by atoms with Gasteiger partial charge in [0.15, 0.2) is 17.5 Å². The molecule has 16 N–H and O–H groups in total. The van der Waals surface area contributed by atoms with E-state index in [1.807, 2.05) is 6.92 Å². The molecule has 0 aliphatic carbocycles. The SMILES string of the molecule is CCCC[C@@H](C(=O)N1CCOC[C@@H]1COCN[C@H](C=O)CC(=O)O)N(C)C(=O)[C@H](Cc1ccccc1)N(C)C(=O)[C@H](Cc1cc(F)c(F)c(F)c1)NC(=O)CSC[C@H](NC(=O)[C@H](CC(C)C)NC(=O)[C@H](Cc1ccc(O)cc1)NC(=O)[C@H](Cc1c[nH]c2ccccc12)NC(=O)[C@H]1COCCN1C(=O)[C@H](Cc1ccc(O)cc1)NC(=O)C(Cc1ccccc1)N(C)C(=O)[C@@H](N)C(C)C)C(=O)NCC(N)=O. The van der Waals surface area contributed by atoms with E-state index in [1.165, 1.54) is 77.1 Å². The molecule has 2 fully saturated rings. The van der Waals surface area contributed by atoms with Crippen LogP contribution in [0.15, 0.2) is 152 Å². The highest BCUT2D eigenvalue weighted by molar-refractivity contribution is 8.00. The number of thioether (sulfide) groups is 1. The third-order valence-electron chi connectivity index (χ3n) is 24.0. The number of aromatic amines is 1. The predicted molar refractivity (Wildman–Crippen MR) is 507 cm³/mol. The van der Waals surface area contributed by atoms with E-state index in [4.69, 9.17) is 25.7 Å². The van der Waals surface area contributed by atoms with Crippen LogP contribution in [-0.4, -0.2) is 304 Å². The number of primary amides is 1. The van der Waals surface area contributed by atoms with Gasteiger partial charge in [-0.05, 0) is 101 Å². The number of likely N-dealkylation sites (N-methyl/N-ethyl adjacent to an activating group) is 3. The van der Waals surface area contributed by atoms with E-state index in [1.54, 1.807) is 131 Å². The van der Waals surface area contributed by atoms with Gasteiger partial charge in [0.05, 0.1) is 76.6 Å². The summed E-state index contributed by atoms with van der Waals surface area (Å²) in [6.07, 6.45) is 0.733. The summed E-state index contributed by atoms with van der Waals surface area (Å²) in [6.45, 7) is 7.05. The molecule has 37 nitrogen and oxygen atoms in total. The molecule has 750 valence electrons. The second-order valence-corrected chi connectivity index (χ2v) is 36.3. The van der Waals surface area contributed by atoms with Crippen molar-refractivity contribution in [1.29, 1.82) is 0 Å². The highest BCUT2D eigenvalue weighted by Gasteiger charge is 2.44. The van der Waals surface area contributed by atoms with Gasteiger partial charge in [0, 0.05) is 95.6 Å². The molecule has 139 heavy (non-hydrogen) atoms. The third-order valence-corrected chi connectivity index (χ3v) is 25.0. The summed E-state index contributed by atoms with van der Waals surface area (Å²) in [5.41, 5.74) is 14.7. The number of fused-ring (bicyclic) bond motifs is 1. The van der Waals surface area contributed by atoms with E-state index in [0.29, 0.717) is 81.7 Å². The lowest BCUT2D eigenvalue weighted by Gasteiger charge is -2.41. The number of rotatable bonds is 52. The van der Waals surface area contributed by atoms with E-state index in [9.17, 15) is 58.1 Å². The molecule has 13 atom stereocenters. The minimum atomic E-state index is -1.84. The van der Waals surface area contributed by atoms with Gasteiger partial charge in [-0.2, -0.15) is 0 Å².